The van der Waals surface area contributed by atoms with E-state index in [0.717, 1.165) is 0 Å². The van der Waals surface area contributed by atoms with Crippen molar-refractivity contribution in [2.75, 3.05) is 0 Å². The molecule has 0 saturated heterocycles. The van der Waals surface area contributed by atoms with Crippen LogP contribution < -0.4 is 9.57 Å². The van der Waals surface area contributed by atoms with Crippen LogP contribution in [0.5, 0.6) is 0 Å². The fourth-order valence-electron chi connectivity index (χ4n) is 0.592. The zero-order valence-electron chi connectivity index (χ0n) is 5.65. The van der Waals surface area contributed by atoms with Crippen molar-refractivity contribution in [3.05, 3.63) is 30.6 Å². The van der Waals surface area contributed by atoms with Crippen molar-refractivity contribution in [1.82, 2.24) is 0 Å². The summed E-state index contributed by atoms with van der Waals surface area (Å²) >= 11 is 0. The minimum absolute atomic E-state index is 0.323. The first-order valence-corrected chi connectivity index (χ1v) is 2.94. The van der Waals surface area contributed by atoms with E-state index in [-0.39, 0.29) is 5.97 Å². The molecule has 10 heavy (non-hydrogen) atoms. The smallest absolute Gasteiger partial charge is 0.245 e. The van der Waals surface area contributed by atoms with Crippen LogP contribution in [0.1, 0.15) is 6.92 Å². The molecule has 0 N–H and O–H groups in total. The van der Waals surface area contributed by atoms with Crippen molar-refractivity contribution in [3.8, 4) is 0 Å². The molecule has 0 aliphatic rings. The van der Waals surface area contributed by atoms with Crippen molar-refractivity contribution in [2.24, 2.45) is 0 Å². The fraction of sp³-hybridized carbons (Fsp3) is 0.143. The van der Waals surface area contributed by atoms with Gasteiger partial charge in [0.15, 0.2) is 0 Å². The predicted molar refractivity (Wildman–Crippen MR) is 33.9 cm³/mol. The van der Waals surface area contributed by atoms with E-state index in [4.69, 9.17) is 4.84 Å². The number of carbonyl (C=O) groups is 1. The summed E-state index contributed by atoms with van der Waals surface area (Å²) < 4.78 is 1.35. The van der Waals surface area contributed by atoms with E-state index in [1.54, 1.807) is 24.5 Å². The topological polar surface area (TPSA) is 30.2 Å². The summed E-state index contributed by atoms with van der Waals surface area (Å²) in [5.41, 5.74) is 0. The lowest BCUT2D eigenvalue weighted by Gasteiger charge is -1.88. The highest BCUT2D eigenvalue weighted by Crippen LogP contribution is 1.74. The summed E-state index contributed by atoms with van der Waals surface area (Å²) in [6, 6.07) is 5.41. The van der Waals surface area contributed by atoms with E-state index in [9.17, 15) is 4.79 Å². The van der Waals surface area contributed by atoms with Crippen molar-refractivity contribution in [2.45, 2.75) is 6.92 Å². The molecule has 0 fully saturated rings. The van der Waals surface area contributed by atoms with E-state index >= 15 is 0 Å². The van der Waals surface area contributed by atoms with Gasteiger partial charge in [-0.15, -0.1) is 0 Å². The summed E-state index contributed by atoms with van der Waals surface area (Å²) in [7, 11) is 0. The molecule has 3 nitrogen and oxygen atoms in total. The number of hydrogen-bond acceptors (Lipinski definition) is 2. The van der Waals surface area contributed by atoms with Crippen LogP contribution in [-0.2, 0) is 4.79 Å². The summed E-state index contributed by atoms with van der Waals surface area (Å²) in [6.07, 6.45) is 3.31. The second-order valence-electron chi connectivity index (χ2n) is 1.82. The SMILES string of the molecule is CC(=O)O[n+]1ccccc1. The molecule has 0 radical (unpaired) electrons. The lowest BCUT2D eigenvalue weighted by atomic mass is 10.5. The Morgan fingerprint density at radius 2 is 1.90 bits per heavy atom. The molecule has 0 aliphatic carbocycles. The van der Waals surface area contributed by atoms with Crippen molar-refractivity contribution in [3.63, 3.8) is 0 Å². The zero-order chi connectivity index (χ0) is 7.40. The maximum absolute atomic E-state index is 10.4. The average molecular weight is 138 g/mol. The van der Waals surface area contributed by atoms with Crippen molar-refractivity contribution in [1.29, 1.82) is 0 Å². The number of hydrogen-bond donors (Lipinski definition) is 0. The first-order valence-electron chi connectivity index (χ1n) is 2.94. The van der Waals surface area contributed by atoms with Gasteiger partial charge in [-0.2, -0.15) is 4.84 Å². The Hall–Kier alpha value is -1.38. The molecule has 0 aromatic carbocycles. The normalized spacial score (nSPS) is 8.90. The monoisotopic (exact) mass is 138 g/mol. The van der Waals surface area contributed by atoms with Crippen LogP contribution in [0.3, 0.4) is 0 Å². The van der Waals surface area contributed by atoms with Gasteiger partial charge in [0, 0.05) is 23.8 Å². The summed E-state index contributed by atoms with van der Waals surface area (Å²) in [6.45, 7) is 1.36. The molecule has 0 saturated carbocycles. The van der Waals surface area contributed by atoms with Crippen LogP contribution in [0.4, 0.5) is 0 Å². The highest BCUT2D eigenvalue weighted by molar-refractivity contribution is 5.65. The summed E-state index contributed by atoms with van der Waals surface area (Å²) in [5.74, 6) is -0.323. The number of rotatable bonds is 1. The number of pyridine rings is 1. The molecule has 0 atom stereocenters. The maximum Gasteiger partial charge on any atom is 0.377 e. The third-order valence-corrected chi connectivity index (χ3v) is 0.922. The number of carbonyl (C=O) groups excluding carboxylic acids is 1. The van der Waals surface area contributed by atoms with Gasteiger partial charge in [0.25, 0.3) is 0 Å². The Kier molecular flexibility index (Phi) is 1.99. The van der Waals surface area contributed by atoms with E-state index in [1.165, 1.54) is 11.7 Å². The molecule has 1 heterocycles. The lowest BCUT2D eigenvalue weighted by Crippen LogP contribution is -2.43. The molecule has 1 aromatic heterocycles. The highest BCUT2D eigenvalue weighted by atomic mass is 16.7. The van der Waals surface area contributed by atoms with Crippen LogP contribution in [0.15, 0.2) is 30.6 Å². The standard InChI is InChI=1S/C7H8NO2/c1-7(9)10-8-5-3-2-4-6-8/h2-6H,1H3/q+1. The van der Waals surface area contributed by atoms with E-state index in [0.29, 0.717) is 0 Å². The molecule has 0 aliphatic heterocycles. The second kappa shape index (κ2) is 2.96. The second-order valence-corrected chi connectivity index (χ2v) is 1.82. The van der Waals surface area contributed by atoms with Gasteiger partial charge in [-0.1, -0.05) is 6.07 Å². The van der Waals surface area contributed by atoms with Crippen molar-refractivity contribution < 1.29 is 14.4 Å². The van der Waals surface area contributed by atoms with Gasteiger partial charge < -0.3 is 0 Å². The first kappa shape index (κ1) is 6.74. The molecule has 52 valence electrons. The van der Waals surface area contributed by atoms with E-state index in [1.807, 2.05) is 6.07 Å². The van der Waals surface area contributed by atoms with Gasteiger partial charge in [-0.25, -0.2) is 4.79 Å². The molecule has 0 spiro atoms. The van der Waals surface area contributed by atoms with Crippen LogP contribution in [0.2, 0.25) is 0 Å². The summed E-state index contributed by atoms with van der Waals surface area (Å²) in [4.78, 5) is 15.1. The average Bonchev–Trinajstić information content (AvgIpc) is 1.88. The van der Waals surface area contributed by atoms with Crippen LogP contribution >= 0.6 is 0 Å². The molecule has 1 aromatic rings. The predicted octanol–water partition coefficient (Wildman–Crippen LogP) is -0.0508. The molecule has 0 amide bonds. The van der Waals surface area contributed by atoms with E-state index in [2.05, 4.69) is 0 Å². The Morgan fingerprint density at radius 1 is 1.30 bits per heavy atom. The van der Waals surface area contributed by atoms with Gasteiger partial charge in [-0.3, -0.25) is 0 Å². The summed E-state index contributed by atoms with van der Waals surface area (Å²) in [5, 5.41) is 0. The Labute approximate surface area is 58.8 Å². The largest absolute Gasteiger partial charge is 0.377 e. The maximum atomic E-state index is 10.4. The van der Waals surface area contributed by atoms with Gasteiger partial charge in [0.1, 0.15) is 0 Å². The first-order chi connectivity index (χ1) is 4.79. The Bertz CT molecular complexity index is 220. The highest BCUT2D eigenvalue weighted by Gasteiger charge is 2.00. The third-order valence-electron chi connectivity index (χ3n) is 0.922. The molecular formula is C7H8NO2+. The van der Waals surface area contributed by atoms with Gasteiger partial charge in [0.2, 0.25) is 12.4 Å². The number of nitrogens with zero attached hydrogens (tertiary/aromatic N) is 1. The van der Waals surface area contributed by atoms with Crippen LogP contribution in [0, 0.1) is 0 Å². The van der Waals surface area contributed by atoms with Crippen LogP contribution in [0.25, 0.3) is 0 Å². The van der Waals surface area contributed by atoms with Gasteiger partial charge in [-0.05, 0) is 0 Å². The zero-order valence-corrected chi connectivity index (χ0v) is 5.65. The fourth-order valence-corrected chi connectivity index (χ4v) is 0.592. The third kappa shape index (κ3) is 1.85. The minimum atomic E-state index is -0.323. The number of aromatic nitrogens is 1. The molecular weight excluding hydrogens is 130 g/mol. The quantitative estimate of drug-likeness (QED) is 0.509. The Balaban J connectivity index is 2.67. The van der Waals surface area contributed by atoms with Gasteiger partial charge in [0.05, 0.1) is 0 Å². The van der Waals surface area contributed by atoms with E-state index < -0.39 is 0 Å². The van der Waals surface area contributed by atoms with Gasteiger partial charge >= 0.3 is 5.97 Å². The lowest BCUT2D eigenvalue weighted by molar-refractivity contribution is -0.869. The van der Waals surface area contributed by atoms with Crippen molar-refractivity contribution >= 4 is 5.97 Å². The Morgan fingerprint density at radius 3 is 2.40 bits per heavy atom. The molecule has 1 rings (SSSR count). The molecule has 0 bridgehead atoms. The molecule has 0 unspecified atom stereocenters. The van der Waals surface area contributed by atoms with Crippen LogP contribution in [-0.4, -0.2) is 5.97 Å². The molecule has 3 heteroatoms. The minimum Gasteiger partial charge on any atom is -0.245 e.